The van der Waals surface area contributed by atoms with Crippen molar-refractivity contribution in [3.8, 4) is 11.5 Å². The molecule has 1 aromatic heterocycles. The summed E-state index contributed by atoms with van der Waals surface area (Å²) in [5, 5.41) is 113. The van der Waals surface area contributed by atoms with Gasteiger partial charge in [-0.15, -0.1) is 11.8 Å². The molecule has 16 atom stereocenters. The lowest BCUT2D eigenvalue weighted by Crippen LogP contribution is -2.52. The molecule has 0 aliphatic carbocycles. The zero-order valence-electron chi connectivity index (χ0n) is 76.5. The number of thioether (sulfide) groups is 1. The number of Topliss-reactive ketones (excluding diaryl/α,β-unsaturated/α-hetero) is 7. The van der Waals surface area contributed by atoms with Crippen LogP contribution in [0.1, 0.15) is 173 Å². The first-order valence-electron chi connectivity index (χ1n) is 44.5. The van der Waals surface area contributed by atoms with Crippen LogP contribution in [0.3, 0.4) is 0 Å². The highest BCUT2D eigenvalue weighted by atomic mass is 32.2. The number of amides is 8. The second kappa shape index (κ2) is 58.3. The molecule has 0 bridgehead atoms. The van der Waals surface area contributed by atoms with Crippen LogP contribution in [-0.2, 0) is 118 Å². The van der Waals surface area contributed by atoms with E-state index in [4.69, 9.17) is 5.73 Å². The molecule has 1 heterocycles. The number of pyridine rings is 1. The van der Waals surface area contributed by atoms with E-state index in [0.29, 0.717) is 49.1 Å². The molecular formula is C93H127F3N10O28S. The van der Waals surface area contributed by atoms with Crippen molar-refractivity contribution < 1.29 is 145 Å². The third-order valence-electron chi connectivity index (χ3n) is 22.7. The van der Waals surface area contributed by atoms with Crippen LogP contribution in [0.2, 0.25) is 0 Å². The van der Waals surface area contributed by atoms with Crippen LogP contribution in [0.4, 0.5) is 13.2 Å². The molecule has 0 radical (unpaired) electrons. The van der Waals surface area contributed by atoms with Gasteiger partial charge in [-0.25, -0.2) is 0 Å². The van der Waals surface area contributed by atoms with Crippen molar-refractivity contribution >= 4 is 117 Å². The Bertz CT molecular complexity index is 4750. The minimum absolute atomic E-state index is 0.0171. The number of hydrogen-bond donors (Lipinski definition) is 18. The molecule has 0 aliphatic heterocycles. The average molecular weight is 1920 g/mol. The number of phenolic OH excluding ortho intramolecular Hbond substituents is 2. The van der Waals surface area contributed by atoms with Crippen LogP contribution in [-0.4, -0.2) is 249 Å². The highest BCUT2D eigenvalue weighted by Crippen LogP contribution is 2.30. The van der Waals surface area contributed by atoms with Crippen molar-refractivity contribution in [2.24, 2.45) is 59.0 Å². The lowest BCUT2D eigenvalue weighted by molar-refractivity contribution is -0.143. The molecule has 42 heteroatoms. The highest BCUT2D eigenvalue weighted by molar-refractivity contribution is 8.00. The molecule has 0 unspecified atom stereocenters. The number of phenols is 2. The van der Waals surface area contributed by atoms with E-state index in [1.807, 2.05) is 0 Å². The molecule has 744 valence electrons. The number of unbranched alkanes of at least 4 members (excludes halogenated alkanes) is 1. The van der Waals surface area contributed by atoms with Crippen LogP contribution in [0.15, 0.2) is 102 Å². The molecule has 0 fully saturated rings. The zero-order chi connectivity index (χ0) is 101. The van der Waals surface area contributed by atoms with Gasteiger partial charge in [-0.1, -0.05) is 95.1 Å². The minimum atomic E-state index is -4.75. The normalized spacial score (nSPS) is 15.0. The number of carboxylic acid groups (broad SMARTS) is 3. The van der Waals surface area contributed by atoms with E-state index in [9.17, 15) is 150 Å². The topological polar surface area (TPSA) is 634 Å². The number of aliphatic hydroxyl groups is 4. The highest BCUT2D eigenvalue weighted by Gasteiger charge is 2.41. The van der Waals surface area contributed by atoms with E-state index >= 15 is 0 Å². The number of carboxylic acids is 3. The van der Waals surface area contributed by atoms with Gasteiger partial charge in [0.1, 0.15) is 23.3 Å². The first-order chi connectivity index (χ1) is 63.6. The van der Waals surface area contributed by atoms with Gasteiger partial charge < -0.3 is 98.8 Å². The van der Waals surface area contributed by atoms with Crippen molar-refractivity contribution in [3.63, 3.8) is 0 Å². The number of aliphatic hydroxyl groups excluding tert-OH is 4. The predicted molar refractivity (Wildman–Crippen MR) is 483 cm³/mol. The monoisotopic (exact) mass is 1920 g/mol. The van der Waals surface area contributed by atoms with E-state index in [-0.39, 0.29) is 73.3 Å². The summed E-state index contributed by atoms with van der Waals surface area (Å²) in [6, 6.07) is 11.2. The summed E-state index contributed by atoms with van der Waals surface area (Å²) in [5.74, 6) is -31.5. The quantitative estimate of drug-likeness (QED) is 0.0283. The van der Waals surface area contributed by atoms with Crippen molar-refractivity contribution in [3.05, 3.63) is 130 Å². The third kappa shape index (κ3) is 42.2. The molecule has 0 saturated carbocycles. The molecule has 38 nitrogen and oxygen atoms in total. The van der Waals surface area contributed by atoms with Crippen molar-refractivity contribution in [1.82, 2.24) is 47.1 Å². The number of carbonyl (C=O) groups excluding carboxylic acids is 15. The molecular weight excluding hydrogens is 1790 g/mol. The fourth-order valence-corrected chi connectivity index (χ4v) is 15.4. The van der Waals surface area contributed by atoms with Gasteiger partial charge in [-0.2, -0.15) is 13.2 Å². The number of alkyl halides is 3. The maximum atomic E-state index is 14.8. The average Bonchev–Trinajstić information content (AvgIpc) is 0.835. The number of ketones is 7. The summed E-state index contributed by atoms with van der Waals surface area (Å²) in [7, 11) is 0. The summed E-state index contributed by atoms with van der Waals surface area (Å²) in [6.45, 7) is 7.61. The number of rotatable bonds is 66. The van der Waals surface area contributed by atoms with Gasteiger partial charge in [0.25, 0.3) is 5.56 Å². The van der Waals surface area contributed by atoms with Crippen molar-refractivity contribution in [1.29, 1.82) is 0 Å². The molecule has 0 saturated heterocycles. The number of aromatic nitrogens is 1. The van der Waals surface area contributed by atoms with Gasteiger partial charge in [0.2, 0.25) is 47.3 Å². The van der Waals surface area contributed by atoms with E-state index < -0.39 is 316 Å². The molecule has 0 aliphatic rings. The van der Waals surface area contributed by atoms with E-state index in [0.717, 1.165) is 36.4 Å². The Morgan fingerprint density at radius 2 is 0.948 bits per heavy atom. The maximum absolute atomic E-state index is 14.8. The largest absolute Gasteiger partial charge is 0.508 e. The molecule has 3 aromatic carbocycles. The Kier molecular flexibility index (Phi) is 49.8. The summed E-state index contributed by atoms with van der Waals surface area (Å²) < 4.78 is 39.9. The van der Waals surface area contributed by atoms with E-state index in [1.54, 1.807) is 65.0 Å². The number of nitrogens with one attached hydrogen (secondary N) is 8. The zero-order valence-corrected chi connectivity index (χ0v) is 77.3. The number of benzene rings is 3. The van der Waals surface area contributed by atoms with Gasteiger partial charge in [0.15, 0.2) is 34.7 Å². The van der Waals surface area contributed by atoms with Crippen LogP contribution < -0.4 is 53.8 Å². The molecule has 8 amide bonds. The second-order valence-electron chi connectivity index (χ2n) is 34.4. The number of nitrogens with zero attached hydrogens (tertiary/aromatic N) is 1. The van der Waals surface area contributed by atoms with Crippen molar-refractivity contribution in [2.75, 3.05) is 44.4 Å². The summed E-state index contributed by atoms with van der Waals surface area (Å²) >= 11 is 0.801. The summed E-state index contributed by atoms with van der Waals surface area (Å²) in [6.07, 6.45) is -14.5. The Morgan fingerprint density at radius 1 is 0.467 bits per heavy atom. The second-order valence-corrected chi connectivity index (χ2v) is 35.4. The van der Waals surface area contributed by atoms with Gasteiger partial charge >= 0.3 is 24.1 Å². The smallest absolute Gasteiger partial charge is 0.416 e. The molecule has 0 spiro atoms. The molecule has 19 N–H and O–H groups in total. The minimum Gasteiger partial charge on any atom is -0.508 e. The fraction of sp³-hybridized carbons (Fsp3) is 0.559. The first-order valence-corrected chi connectivity index (χ1v) is 45.6. The number of halogens is 3. The Morgan fingerprint density at radius 3 is 1.46 bits per heavy atom. The lowest BCUT2D eigenvalue weighted by atomic mass is 9.85. The Labute approximate surface area is 782 Å². The summed E-state index contributed by atoms with van der Waals surface area (Å²) in [5.41, 5.74) is 4.60. The van der Waals surface area contributed by atoms with Crippen molar-refractivity contribution in [2.45, 2.75) is 232 Å². The lowest BCUT2D eigenvalue weighted by Gasteiger charge is -2.28. The predicted octanol–water partition coefficient (Wildman–Crippen LogP) is 2.71. The van der Waals surface area contributed by atoms with Crippen LogP contribution >= 0.6 is 11.8 Å². The van der Waals surface area contributed by atoms with Crippen LogP contribution in [0.5, 0.6) is 11.5 Å². The number of hydrogen-bond acceptors (Lipinski definition) is 27. The van der Waals surface area contributed by atoms with E-state index in [1.165, 1.54) is 48.5 Å². The standard InChI is InChI=1S/C93H127F3N10O28S/c1-8-52(4)85(79(119)39-60(33-57-17-22-65(111)23-18-57)88(130)101-71(32-51(2)3)75(115)37-61(41-83(124)125)87(129)100-53(5)14-12-13-28-97)105-90(132)63(47-107)40-76(116)72(35-58-19-24-66(112)25-20-58)102-89(131)62(42-84(126)127)38-77(117)74(48-108)104-92(134)70(55(7)110)45-78(118)73(34-56-15-10-9-11-16-56)103-91(133)69(54(6)109)44-67(113)46-99-86(128)59(21-26-82(122)123)36-68(114)49-135-50-80(120)98-29-31-106-30-27-64(43-81(106)121)93(94,95)96/h9-11,15-20,22-25,27,30,43,51-55,59-63,69-74,85,107-112H,8,12-14,21,26,28-29,31-42,44-50,97H2,1-7H3,(H,98,120)(H,99,128)(H,100,129)(H,101,130)(H,102,131)(H,103,133)(H,104,134)(H,105,132)(H,122,123)(H,124,125)(H,126,127)/t52-,53+,54+,55+,59+,60+,61-,62-,63-,69-,70-,71-,72-,73-,74-,85-/m0/s1. The van der Waals surface area contributed by atoms with Gasteiger partial charge in [-0.3, -0.25) is 91.1 Å². The SMILES string of the molecule is CC[C@H](C)[C@H](NC(=O)[C@H](CO)CC(=O)[C@H](Cc1ccc(O)cc1)NC(=O)[C@H](CC(=O)O)CC(=O)[C@H](CO)NC(=O)[C@@H](CC(=O)[C@H](Cc1ccccc1)NC(=O)[C@@H](CC(=O)CNC(=O)[C@H](CCC(=O)O)CC(=O)CSCC(=O)NCCn1ccc(C(F)(F)F)cc1=O)[C@@H](C)O)[C@@H](C)O)C(=O)C[C@@H](Cc1ccc(O)cc1)C(=O)N[C@@H](CC(C)C)C(=O)C[C@@H](CC(=O)O)C(=O)N[C@H](C)CCCCN. The Hall–Kier alpha value is -12.0. The van der Waals surface area contributed by atoms with Gasteiger partial charge in [0, 0.05) is 94.6 Å². The summed E-state index contributed by atoms with van der Waals surface area (Å²) in [4.78, 5) is 259. The number of carbonyl (C=O) groups is 18. The molecule has 4 rings (SSSR count). The number of aliphatic carboxylic acids is 3. The molecule has 135 heavy (non-hydrogen) atoms. The van der Waals surface area contributed by atoms with Crippen LogP contribution in [0.25, 0.3) is 0 Å². The number of aromatic hydroxyl groups is 2. The van der Waals surface area contributed by atoms with Gasteiger partial charge in [-0.05, 0) is 131 Å². The third-order valence-corrected chi connectivity index (χ3v) is 23.7. The fourth-order valence-electron chi connectivity index (χ4n) is 14.7. The Balaban J connectivity index is 1.52. The van der Waals surface area contributed by atoms with Crippen LogP contribution in [0, 0.1) is 53.3 Å². The van der Waals surface area contributed by atoms with Gasteiger partial charge in [0.05, 0.1) is 116 Å². The molecule has 4 aromatic rings. The maximum Gasteiger partial charge on any atom is 0.416 e. The number of nitrogens with two attached hydrogens (primary N) is 1. The first kappa shape index (κ1) is 115. The van der Waals surface area contributed by atoms with E-state index in [2.05, 4.69) is 42.5 Å².